The summed E-state index contributed by atoms with van der Waals surface area (Å²) in [5, 5.41) is 3.66. The molecular formula is C27H24ClN3O3. The summed E-state index contributed by atoms with van der Waals surface area (Å²) in [6.45, 7) is 4.39. The lowest BCUT2D eigenvalue weighted by Gasteiger charge is -2.44. The number of nitrogens with one attached hydrogen (secondary N) is 1. The average molecular weight is 474 g/mol. The van der Waals surface area contributed by atoms with Crippen LogP contribution in [-0.4, -0.2) is 21.9 Å². The molecule has 3 heterocycles. The van der Waals surface area contributed by atoms with Crippen LogP contribution in [0.15, 0.2) is 83.5 Å². The molecule has 34 heavy (non-hydrogen) atoms. The van der Waals surface area contributed by atoms with E-state index in [1.54, 1.807) is 42.4 Å². The lowest BCUT2D eigenvalue weighted by molar-refractivity contribution is -0.126. The van der Waals surface area contributed by atoms with Gasteiger partial charge in [0, 0.05) is 17.3 Å². The Morgan fingerprint density at radius 1 is 1.03 bits per heavy atom. The van der Waals surface area contributed by atoms with Crippen molar-refractivity contribution in [3.8, 4) is 11.5 Å². The molecule has 0 bridgehead atoms. The smallest absolute Gasteiger partial charge is 0.275 e. The van der Waals surface area contributed by atoms with Gasteiger partial charge in [-0.15, -0.1) is 0 Å². The highest BCUT2D eigenvalue weighted by molar-refractivity contribution is 6.30. The highest BCUT2D eigenvalue weighted by Gasteiger charge is 2.48. The monoisotopic (exact) mass is 473 g/mol. The Morgan fingerprint density at radius 3 is 2.41 bits per heavy atom. The molecule has 0 saturated carbocycles. The molecule has 172 valence electrons. The summed E-state index contributed by atoms with van der Waals surface area (Å²) >= 11 is 5.98. The van der Waals surface area contributed by atoms with Crippen LogP contribution in [0.4, 0.5) is 5.69 Å². The molecule has 2 amide bonds. The standard InChI is InChI=1S/C27H24ClN3O3/c1-18-5-11-21(12-6-18)31-25(32)23-14-13-22(24-4-3-15-34-24)30(23)17-27(31,2)26(33)29-16-19-7-9-20(28)10-8-19/h3-15H,16-17H2,1-2H3,(H,29,33). The summed E-state index contributed by atoms with van der Waals surface area (Å²) in [6, 6.07) is 22.2. The Kier molecular flexibility index (Phi) is 5.54. The van der Waals surface area contributed by atoms with Gasteiger partial charge < -0.3 is 14.3 Å². The predicted molar refractivity (Wildman–Crippen MR) is 132 cm³/mol. The predicted octanol–water partition coefficient (Wildman–Crippen LogP) is 5.45. The normalized spacial score (nSPS) is 17.5. The lowest BCUT2D eigenvalue weighted by Crippen LogP contribution is -2.64. The first-order valence-electron chi connectivity index (χ1n) is 11.0. The highest BCUT2D eigenvalue weighted by Crippen LogP contribution is 2.36. The lowest BCUT2D eigenvalue weighted by atomic mass is 9.93. The molecule has 0 radical (unpaired) electrons. The summed E-state index contributed by atoms with van der Waals surface area (Å²) in [4.78, 5) is 29.1. The maximum Gasteiger partial charge on any atom is 0.275 e. The Hall–Kier alpha value is -3.77. The molecule has 7 heteroatoms. The van der Waals surface area contributed by atoms with E-state index < -0.39 is 5.54 Å². The van der Waals surface area contributed by atoms with Crippen LogP contribution in [0.2, 0.25) is 5.02 Å². The number of aryl methyl sites for hydroxylation is 1. The number of amides is 2. The van der Waals surface area contributed by atoms with Crippen molar-refractivity contribution in [3.63, 3.8) is 0 Å². The van der Waals surface area contributed by atoms with Crippen molar-refractivity contribution >= 4 is 29.1 Å². The first-order chi connectivity index (χ1) is 16.4. The van der Waals surface area contributed by atoms with E-state index in [1.807, 2.05) is 60.0 Å². The van der Waals surface area contributed by atoms with E-state index in [9.17, 15) is 9.59 Å². The Bertz CT molecular complexity index is 1340. The number of hydrogen-bond donors (Lipinski definition) is 1. The number of carbonyl (C=O) groups is 2. The van der Waals surface area contributed by atoms with Crippen molar-refractivity contribution in [2.75, 3.05) is 4.90 Å². The van der Waals surface area contributed by atoms with Crippen LogP contribution >= 0.6 is 11.6 Å². The minimum absolute atomic E-state index is 0.239. The molecule has 1 atom stereocenters. The second-order valence-electron chi connectivity index (χ2n) is 8.73. The summed E-state index contributed by atoms with van der Waals surface area (Å²) < 4.78 is 7.46. The molecule has 5 rings (SSSR count). The van der Waals surface area contributed by atoms with E-state index in [0.717, 1.165) is 16.8 Å². The molecule has 2 aromatic carbocycles. The van der Waals surface area contributed by atoms with E-state index in [1.165, 1.54) is 0 Å². The minimum Gasteiger partial charge on any atom is -0.463 e. The van der Waals surface area contributed by atoms with Gasteiger partial charge in [0.15, 0.2) is 0 Å². The van der Waals surface area contributed by atoms with E-state index in [0.29, 0.717) is 28.7 Å². The zero-order chi connectivity index (χ0) is 23.9. The SMILES string of the molecule is Cc1ccc(N2C(=O)c3ccc(-c4ccco4)n3CC2(C)C(=O)NCc2ccc(Cl)cc2)cc1. The average Bonchev–Trinajstić information content (AvgIpc) is 3.49. The number of fused-ring (bicyclic) bond motifs is 1. The summed E-state index contributed by atoms with van der Waals surface area (Å²) in [5.74, 6) is 0.157. The quantitative estimate of drug-likeness (QED) is 0.419. The van der Waals surface area contributed by atoms with Gasteiger partial charge in [-0.05, 0) is 67.9 Å². The van der Waals surface area contributed by atoms with E-state index in [-0.39, 0.29) is 18.4 Å². The van der Waals surface area contributed by atoms with Crippen molar-refractivity contribution in [3.05, 3.63) is 101 Å². The zero-order valence-electron chi connectivity index (χ0n) is 18.9. The number of rotatable bonds is 5. The summed E-state index contributed by atoms with van der Waals surface area (Å²) in [7, 11) is 0. The van der Waals surface area contributed by atoms with Crippen LogP contribution in [-0.2, 0) is 17.9 Å². The van der Waals surface area contributed by atoms with Crippen LogP contribution < -0.4 is 10.2 Å². The fraction of sp³-hybridized carbons (Fsp3) is 0.185. The third-order valence-electron chi connectivity index (χ3n) is 6.28. The molecule has 1 N–H and O–H groups in total. The summed E-state index contributed by atoms with van der Waals surface area (Å²) in [5.41, 5.74) is 2.76. The van der Waals surface area contributed by atoms with Gasteiger partial charge in [0.2, 0.25) is 5.91 Å². The Balaban J connectivity index is 1.54. The third kappa shape index (κ3) is 3.80. The topological polar surface area (TPSA) is 67.5 Å². The van der Waals surface area contributed by atoms with Crippen LogP contribution in [0.5, 0.6) is 0 Å². The van der Waals surface area contributed by atoms with Crippen LogP contribution in [0, 0.1) is 6.92 Å². The molecule has 0 fully saturated rings. The number of carbonyl (C=O) groups excluding carboxylic acids is 2. The number of hydrogen-bond acceptors (Lipinski definition) is 3. The number of nitrogens with zero attached hydrogens (tertiary/aromatic N) is 2. The molecular weight excluding hydrogens is 450 g/mol. The van der Waals surface area contributed by atoms with Gasteiger partial charge >= 0.3 is 0 Å². The molecule has 2 aromatic heterocycles. The maximum absolute atomic E-state index is 13.8. The number of anilines is 1. The highest BCUT2D eigenvalue weighted by atomic mass is 35.5. The molecule has 1 unspecified atom stereocenters. The van der Waals surface area contributed by atoms with E-state index >= 15 is 0 Å². The second-order valence-corrected chi connectivity index (χ2v) is 9.16. The molecule has 4 aromatic rings. The number of aromatic nitrogens is 1. The third-order valence-corrected chi connectivity index (χ3v) is 6.54. The largest absolute Gasteiger partial charge is 0.463 e. The van der Waals surface area contributed by atoms with Gasteiger partial charge in [0.1, 0.15) is 17.0 Å². The van der Waals surface area contributed by atoms with Crippen LogP contribution in [0.1, 0.15) is 28.5 Å². The van der Waals surface area contributed by atoms with E-state index in [4.69, 9.17) is 16.0 Å². The second kappa shape index (κ2) is 8.54. The number of benzene rings is 2. The fourth-order valence-corrected chi connectivity index (χ4v) is 4.55. The zero-order valence-corrected chi connectivity index (χ0v) is 19.7. The van der Waals surface area contributed by atoms with Gasteiger partial charge in [-0.25, -0.2) is 0 Å². The van der Waals surface area contributed by atoms with Crippen molar-refractivity contribution in [1.29, 1.82) is 0 Å². The Morgan fingerprint density at radius 2 is 1.74 bits per heavy atom. The molecule has 0 spiro atoms. The van der Waals surface area contributed by atoms with Gasteiger partial charge in [0.25, 0.3) is 5.91 Å². The van der Waals surface area contributed by atoms with Crippen molar-refractivity contribution in [2.45, 2.75) is 32.5 Å². The van der Waals surface area contributed by atoms with Crippen LogP contribution in [0.25, 0.3) is 11.5 Å². The van der Waals surface area contributed by atoms with Gasteiger partial charge in [0.05, 0.1) is 18.5 Å². The maximum atomic E-state index is 13.8. The van der Waals surface area contributed by atoms with Crippen LogP contribution in [0.3, 0.4) is 0 Å². The fourth-order valence-electron chi connectivity index (χ4n) is 4.43. The van der Waals surface area contributed by atoms with Crippen molar-refractivity contribution in [2.24, 2.45) is 0 Å². The molecule has 0 aliphatic carbocycles. The van der Waals surface area contributed by atoms with E-state index in [2.05, 4.69) is 5.32 Å². The number of halogens is 1. The first-order valence-corrected chi connectivity index (χ1v) is 11.4. The van der Waals surface area contributed by atoms with Gasteiger partial charge in [-0.3, -0.25) is 14.5 Å². The molecule has 1 aliphatic rings. The summed E-state index contributed by atoms with van der Waals surface area (Å²) in [6.07, 6.45) is 1.59. The first kappa shape index (κ1) is 22.0. The van der Waals surface area contributed by atoms with Crippen molar-refractivity contribution in [1.82, 2.24) is 9.88 Å². The number of furan rings is 1. The van der Waals surface area contributed by atoms with Gasteiger partial charge in [-0.1, -0.05) is 41.4 Å². The van der Waals surface area contributed by atoms with Gasteiger partial charge in [-0.2, -0.15) is 0 Å². The Labute approximate surface area is 202 Å². The molecule has 0 saturated heterocycles. The minimum atomic E-state index is -1.17. The molecule has 1 aliphatic heterocycles. The van der Waals surface area contributed by atoms with Crippen molar-refractivity contribution < 1.29 is 14.0 Å². The molecule has 6 nitrogen and oxygen atoms in total.